The first kappa shape index (κ1) is 9.03. The molecule has 3 heteroatoms. The van der Waals surface area contributed by atoms with Gasteiger partial charge < -0.3 is 0 Å². The van der Waals surface area contributed by atoms with Gasteiger partial charge in [-0.2, -0.15) is 0 Å². The highest BCUT2D eigenvalue weighted by Crippen LogP contribution is 2.20. The Kier molecular flexibility index (Phi) is 2.68. The van der Waals surface area contributed by atoms with Crippen molar-refractivity contribution in [2.75, 3.05) is 5.23 Å². The average molecular weight is 167 g/mol. The van der Waals surface area contributed by atoms with Crippen molar-refractivity contribution in [3.8, 4) is 0 Å². The normalized spacial score (nSPS) is 10.0. The summed E-state index contributed by atoms with van der Waals surface area (Å²) in [6, 6.07) is 5.44. The van der Waals surface area contributed by atoms with Crippen LogP contribution in [0, 0.1) is 6.92 Å². The summed E-state index contributed by atoms with van der Waals surface area (Å²) in [7, 11) is 0. The van der Waals surface area contributed by atoms with E-state index in [0.29, 0.717) is 5.69 Å². The standard InChI is InChI=1S/C9H13NO2/c1-3-8-5-4-6-9(7(8)2)10(11)12/h4-6,11-12H,3H2,1-2H3. The quantitative estimate of drug-likeness (QED) is 0.663. The van der Waals surface area contributed by atoms with Crippen molar-refractivity contribution in [1.82, 2.24) is 0 Å². The van der Waals surface area contributed by atoms with Gasteiger partial charge in [0.05, 0.1) is 5.69 Å². The molecule has 1 rings (SSSR count). The Labute approximate surface area is 71.8 Å². The molecule has 0 amide bonds. The monoisotopic (exact) mass is 167 g/mol. The van der Waals surface area contributed by atoms with Crippen molar-refractivity contribution in [2.24, 2.45) is 0 Å². The molecule has 66 valence electrons. The van der Waals surface area contributed by atoms with Crippen molar-refractivity contribution < 1.29 is 10.4 Å². The summed E-state index contributed by atoms with van der Waals surface area (Å²) in [6.07, 6.45) is 0.896. The van der Waals surface area contributed by atoms with Gasteiger partial charge in [-0.3, -0.25) is 10.4 Å². The number of hydrogen-bond donors (Lipinski definition) is 2. The van der Waals surface area contributed by atoms with Gasteiger partial charge in [-0.15, -0.1) is 5.23 Å². The molecule has 0 radical (unpaired) electrons. The molecule has 0 saturated carbocycles. The van der Waals surface area contributed by atoms with Gasteiger partial charge in [-0.05, 0) is 30.5 Å². The maximum absolute atomic E-state index is 8.81. The molecule has 2 N–H and O–H groups in total. The van der Waals surface area contributed by atoms with Crippen molar-refractivity contribution in [2.45, 2.75) is 20.3 Å². The summed E-state index contributed by atoms with van der Waals surface area (Å²) in [6.45, 7) is 3.90. The lowest BCUT2D eigenvalue weighted by Crippen LogP contribution is -2.12. The van der Waals surface area contributed by atoms with E-state index in [-0.39, 0.29) is 5.23 Å². The van der Waals surface area contributed by atoms with E-state index in [1.54, 1.807) is 12.1 Å². The molecular weight excluding hydrogens is 154 g/mol. The first-order valence-electron chi connectivity index (χ1n) is 3.93. The summed E-state index contributed by atoms with van der Waals surface area (Å²) < 4.78 is 0. The fraction of sp³-hybridized carbons (Fsp3) is 0.333. The summed E-state index contributed by atoms with van der Waals surface area (Å²) in [5, 5.41) is 17.8. The molecular formula is C9H13NO2. The second-order valence-electron chi connectivity index (χ2n) is 2.70. The highest BCUT2D eigenvalue weighted by molar-refractivity contribution is 5.52. The number of anilines is 1. The second-order valence-corrected chi connectivity index (χ2v) is 2.70. The Morgan fingerprint density at radius 3 is 2.50 bits per heavy atom. The fourth-order valence-corrected chi connectivity index (χ4v) is 1.27. The minimum atomic E-state index is 0.161. The van der Waals surface area contributed by atoms with E-state index in [0.717, 1.165) is 17.5 Å². The molecule has 0 bridgehead atoms. The highest BCUT2D eigenvalue weighted by Gasteiger charge is 2.05. The van der Waals surface area contributed by atoms with Crippen LogP contribution in [0.5, 0.6) is 0 Å². The van der Waals surface area contributed by atoms with E-state index in [1.807, 2.05) is 19.9 Å². The van der Waals surface area contributed by atoms with Crippen molar-refractivity contribution in [1.29, 1.82) is 0 Å². The Morgan fingerprint density at radius 2 is 2.00 bits per heavy atom. The van der Waals surface area contributed by atoms with Crippen LogP contribution < -0.4 is 5.23 Å². The Morgan fingerprint density at radius 1 is 1.33 bits per heavy atom. The number of rotatable bonds is 2. The van der Waals surface area contributed by atoms with Gasteiger partial charge in [-0.1, -0.05) is 19.1 Å². The van der Waals surface area contributed by atoms with E-state index < -0.39 is 0 Å². The van der Waals surface area contributed by atoms with Crippen LogP contribution in [0.1, 0.15) is 18.1 Å². The van der Waals surface area contributed by atoms with Crippen molar-refractivity contribution in [3.05, 3.63) is 29.3 Å². The second kappa shape index (κ2) is 3.56. The highest BCUT2D eigenvalue weighted by atomic mass is 16.8. The third-order valence-corrected chi connectivity index (χ3v) is 2.01. The van der Waals surface area contributed by atoms with Crippen LogP contribution in [0.3, 0.4) is 0 Å². The number of nitrogens with zero attached hydrogens (tertiary/aromatic N) is 1. The van der Waals surface area contributed by atoms with Crippen LogP contribution in [0.25, 0.3) is 0 Å². The SMILES string of the molecule is CCc1cccc(N(O)O)c1C. The molecule has 0 aliphatic heterocycles. The zero-order chi connectivity index (χ0) is 9.14. The largest absolute Gasteiger partial charge is 0.264 e. The van der Waals surface area contributed by atoms with E-state index in [9.17, 15) is 0 Å². The minimum absolute atomic E-state index is 0.161. The van der Waals surface area contributed by atoms with Gasteiger partial charge in [0.15, 0.2) is 0 Å². The van der Waals surface area contributed by atoms with E-state index >= 15 is 0 Å². The first-order valence-corrected chi connectivity index (χ1v) is 3.93. The van der Waals surface area contributed by atoms with Crippen LogP contribution in [0.2, 0.25) is 0 Å². The van der Waals surface area contributed by atoms with Crippen LogP contribution in [-0.4, -0.2) is 10.4 Å². The molecule has 0 heterocycles. The molecule has 3 nitrogen and oxygen atoms in total. The lowest BCUT2D eigenvalue weighted by atomic mass is 10.1. The molecule has 0 fully saturated rings. The molecule has 0 aromatic heterocycles. The third-order valence-electron chi connectivity index (χ3n) is 2.01. The van der Waals surface area contributed by atoms with Gasteiger partial charge in [-0.25, -0.2) is 0 Å². The van der Waals surface area contributed by atoms with Crippen LogP contribution in [-0.2, 0) is 6.42 Å². The molecule has 0 spiro atoms. The lowest BCUT2D eigenvalue weighted by Gasteiger charge is -2.13. The van der Waals surface area contributed by atoms with Crippen LogP contribution in [0.4, 0.5) is 5.69 Å². The lowest BCUT2D eigenvalue weighted by molar-refractivity contribution is 0.0288. The van der Waals surface area contributed by atoms with E-state index in [2.05, 4.69) is 0 Å². The van der Waals surface area contributed by atoms with Crippen molar-refractivity contribution in [3.63, 3.8) is 0 Å². The number of aryl methyl sites for hydroxylation is 1. The molecule has 12 heavy (non-hydrogen) atoms. The molecule has 1 aromatic rings. The molecule has 0 atom stereocenters. The summed E-state index contributed by atoms with van der Waals surface area (Å²) >= 11 is 0. The van der Waals surface area contributed by atoms with Crippen molar-refractivity contribution >= 4 is 5.69 Å². The molecule has 0 aliphatic carbocycles. The van der Waals surface area contributed by atoms with Crippen LogP contribution >= 0.6 is 0 Å². The fourth-order valence-electron chi connectivity index (χ4n) is 1.27. The first-order chi connectivity index (χ1) is 5.66. The number of benzene rings is 1. The summed E-state index contributed by atoms with van der Waals surface area (Å²) in [4.78, 5) is 0. The Hall–Kier alpha value is -1.06. The number of hydrogen-bond acceptors (Lipinski definition) is 3. The Bertz CT molecular complexity index is 271. The summed E-state index contributed by atoms with van der Waals surface area (Å²) in [5.41, 5.74) is 2.47. The van der Waals surface area contributed by atoms with Gasteiger partial charge in [0.2, 0.25) is 0 Å². The van der Waals surface area contributed by atoms with Crippen LogP contribution in [0.15, 0.2) is 18.2 Å². The maximum atomic E-state index is 8.81. The minimum Gasteiger partial charge on any atom is -0.264 e. The maximum Gasteiger partial charge on any atom is 0.0974 e. The average Bonchev–Trinajstić information content (AvgIpc) is 2.04. The predicted molar refractivity (Wildman–Crippen MR) is 46.6 cm³/mol. The molecule has 0 aliphatic rings. The predicted octanol–water partition coefficient (Wildman–Crippen LogP) is 2.14. The van der Waals surface area contributed by atoms with Gasteiger partial charge in [0.25, 0.3) is 0 Å². The zero-order valence-electron chi connectivity index (χ0n) is 7.28. The van der Waals surface area contributed by atoms with Gasteiger partial charge in [0.1, 0.15) is 0 Å². The van der Waals surface area contributed by atoms with E-state index in [4.69, 9.17) is 10.4 Å². The van der Waals surface area contributed by atoms with E-state index in [1.165, 1.54) is 0 Å². The molecule has 0 saturated heterocycles. The van der Waals surface area contributed by atoms with Gasteiger partial charge in [0, 0.05) is 0 Å². The summed E-state index contributed by atoms with van der Waals surface area (Å²) in [5.74, 6) is 0. The molecule has 1 aromatic carbocycles. The third kappa shape index (κ3) is 1.57. The smallest absolute Gasteiger partial charge is 0.0974 e. The Balaban J connectivity index is 3.14. The van der Waals surface area contributed by atoms with Gasteiger partial charge >= 0.3 is 0 Å². The topological polar surface area (TPSA) is 43.7 Å². The zero-order valence-corrected chi connectivity index (χ0v) is 7.28. The molecule has 0 unspecified atom stereocenters.